The summed E-state index contributed by atoms with van der Waals surface area (Å²) in [4.78, 5) is 63.3. The first-order chi connectivity index (χ1) is 22.9. The van der Waals surface area contributed by atoms with Crippen LogP contribution in [0.4, 0.5) is 9.93 Å². The van der Waals surface area contributed by atoms with E-state index in [9.17, 15) is 23.4 Å². The second-order valence-corrected chi connectivity index (χ2v) is 14.5. The third kappa shape index (κ3) is 7.66. The van der Waals surface area contributed by atoms with Crippen molar-refractivity contribution in [3.05, 3.63) is 94.1 Å². The van der Waals surface area contributed by atoms with E-state index in [1.54, 1.807) is 20.8 Å². The number of rotatable bonds is 10. The lowest BCUT2D eigenvalue weighted by molar-refractivity contribution is -0.154. The van der Waals surface area contributed by atoms with E-state index in [-0.39, 0.29) is 33.3 Å². The lowest BCUT2D eigenvalue weighted by Gasteiger charge is -2.49. The minimum atomic E-state index is -1.67. The molecule has 13 nitrogen and oxygen atoms in total. The fourth-order valence-corrected chi connectivity index (χ4v) is 8.12. The van der Waals surface area contributed by atoms with Gasteiger partial charge in [0.25, 0.3) is 11.8 Å². The van der Waals surface area contributed by atoms with Gasteiger partial charge >= 0.3 is 12.1 Å². The Morgan fingerprint density at radius 3 is 2.29 bits per heavy atom. The molecule has 16 heteroatoms. The van der Waals surface area contributed by atoms with Crippen molar-refractivity contribution in [1.29, 1.82) is 0 Å². The van der Waals surface area contributed by atoms with Crippen molar-refractivity contribution in [2.75, 3.05) is 23.5 Å². The number of nitrogens with zero attached hydrogens (tertiary/aromatic N) is 3. The summed E-state index contributed by atoms with van der Waals surface area (Å²) in [5, 5.41) is 9.58. The fourth-order valence-electron chi connectivity index (χ4n) is 5.03. The topological polar surface area (TPSA) is 166 Å². The molecule has 1 saturated heterocycles. The third-order valence-electron chi connectivity index (χ3n) is 7.03. The molecule has 0 spiro atoms. The first kappa shape index (κ1) is 34.9. The number of ether oxygens (including phenoxy) is 2. The first-order valence-electron chi connectivity index (χ1n) is 14.6. The van der Waals surface area contributed by atoms with Crippen molar-refractivity contribution < 1.29 is 37.7 Å². The predicted octanol–water partition coefficient (Wildman–Crippen LogP) is 4.24. The summed E-state index contributed by atoms with van der Waals surface area (Å²) in [6, 6.07) is 17.1. The van der Waals surface area contributed by atoms with Gasteiger partial charge in [-0.15, -0.1) is 11.3 Å². The maximum absolute atomic E-state index is 13.9. The number of oxime groups is 1. The van der Waals surface area contributed by atoms with E-state index in [2.05, 4.69) is 36.7 Å². The molecular weight excluding hydrogens is 726 g/mol. The highest BCUT2D eigenvalue weighted by molar-refractivity contribution is 9.09. The first-order valence-corrected chi connectivity index (χ1v) is 18.0. The van der Waals surface area contributed by atoms with Gasteiger partial charge in [-0.25, -0.2) is 14.6 Å². The van der Waals surface area contributed by atoms with Crippen LogP contribution in [0.3, 0.4) is 0 Å². The molecule has 3 amide bonds. The zero-order chi connectivity index (χ0) is 34.6. The molecule has 3 aromatic rings. The average molecular weight is 759 g/mol. The molecule has 1 aromatic heterocycles. The zero-order valence-corrected chi connectivity index (χ0v) is 29.5. The highest BCUT2D eigenvalue weighted by Crippen LogP contribution is 2.37. The molecule has 48 heavy (non-hydrogen) atoms. The zero-order valence-electron chi connectivity index (χ0n) is 26.3. The van der Waals surface area contributed by atoms with Crippen molar-refractivity contribution in [3.63, 3.8) is 0 Å². The molecule has 252 valence electrons. The van der Waals surface area contributed by atoms with Gasteiger partial charge in [-0.1, -0.05) is 81.7 Å². The van der Waals surface area contributed by atoms with Gasteiger partial charge in [0.05, 0.1) is 16.6 Å². The summed E-state index contributed by atoms with van der Waals surface area (Å²) < 4.78 is 24.7. The van der Waals surface area contributed by atoms with Crippen LogP contribution < -0.4 is 10.6 Å². The summed E-state index contributed by atoms with van der Waals surface area (Å²) >= 11 is 4.38. The van der Waals surface area contributed by atoms with E-state index in [4.69, 9.17) is 14.3 Å². The standard InChI is InChI=1S/C32H32BrN5O8S2/c1-32(2,3)46-31(42)36-30-34-21(16-47-30)22(37-44-4)26(39)35-23-27(40)38-24(20(15-33)17-48(43)28(23)38)29(41)45-25(18-11-7-5-8-12-18)19-13-9-6-10-14-19/h5-14,16,23,25,28H,15,17H2,1-4H3,(H,35,39)(H,34,36,42)/t23-,28-,48+/m1/s1. The quantitative estimate of drug-likeness (QED) is 0.101. The minimum Gasteiger partial charge on any atom is -0.448 e. The average Bonchev–Trinajstić information content (AvgIpc) is 3.51. The van der Waals surface area contributed by atoms with Gasteiger partial charge in [0.1, 0.15) is 35.5 Å². The number of fused-ring (bicyclic) bond motifs is 1. The Labute approximate surface area is 291 Å². The number of hydrogen-bond acceptors (Lipinski definition) is 11. The van der Waals surface area contributed by atoms with Crippen LogP contribution >= 0.6 is 27.3 Å². The van der Waals surface area contributed by atoms with Gasteiger partial charge in [0, 0.05) is 10.7 Å². The Hall–Kier alpha value is -4.41. The van der Waals surface area contributed by atoms with Crippen molar-refractivity contribution in [3.8, 4) is 0 Å². The number of anilines is 1. The summed E-state index contributed by atoms with van der Waals surface area (Å²) in [5.74, 6) is -2.28. The van der Waals surface area contributed by atoms with Crippen molar-refractivity contribution >= 4 is 72.8 Å². The van der Waals surface area contributed by atoms with Crippen LogP contribution in [-0.2, 0) is 39.5 Å². The maximum atomic E-state index is 13.9. The molecule has 2 aliphatic rings. The van der Waals surface area contributed by atoms with Crippen LogP contribution in [0.5, 0.6) is 0 Å². The van der Waals surface area contributed by atoms with Crippen molar-refractivity contribution in [2.24, 2.45) is 5.16 Å². The molecule has 3 atom stereocenters. The van der Waals surface area contributed by atoms with E-state index in [1.807, 2.05) is 60.7 Å². The number of carbonyl (C=O) groups excluding carboxylic acids is 4. The summed E-state index contributed by atoms with van der Waals surface area (Å²) in [5.41, 5.74) is 0.896. The van der Waals surface area contributed by atoms with Crippen LogP contribution in [0.1, 0.15) is 43.7 Å². The van der Waals surface area contributed by atoms with Gasteiger partial charge in [0.15, 0.2) is 16.9 Å². The normalized spacial score (nSPS) is 19.3. The van der Waals surface area contributed by atoms with Gasteiger partial charge in [0.2, 0.25) is 0 Å². The predicted molar refractivity (Wildman–Crippen MR) is 183 cm³/mol. The maximum Gasteiger partial charge on any atom is 0.413 e. The molecule has 5 rings (SSSR count). The molecule has 1 fully saturated rings. The number of hydrogen-bond donors (Lipinski definition) is 2. The van der Waals surface area contributed by atoms with Crippen LogP contribution in [0.2, 0.25) is 0 Å². The van der Waals surface area contributed by atoms with Crippen LogP contribution in [-0.4, -0.2) is 78.9 Å². The van der Waals surface area contributed by atoms with Crippen LogP contribution in [0, 0.1) is 0 Å². The summed E-state index contributed by atoms with van der Waals surface area (Å²) in [6.45, 7) is 5.14. The Morgan fingerprint density at radius 1 is 1.10 bits per heavy atom. The minimum absolute atomic E-state index is 0.0213. The van der Waals surface area contributed by atoms with Gasteiger partial charge in [-0.3, -0.25) is 24.0 Å². The molecule has 0 bridgehead atoms. The number of carbonyl (C=O) groups is 4. The molecule has 0 unspecified atom stereocenters. The molecule has 0 saturated carbocycles. The third-order valence-corrected chi connectivity index (χ3v) is 10.1. The van der Waals surface area contributed by atoms with E-state index in [1.165, 1.54) is 12.5 Å². The number of aromatic nitrogens is 1. The second kappa shape index (κ2) is 14.8. The number of thiazole rings is 1. The Kier molecular flexibility index (Phi) is 10.8. The Morgan fingerprint density at radius 2 is 1.73 bits per heavy atom. The van der Waals surface area contributed by atoms with E-state index in [0.29, 0.717) is 5.57 Å². The fraction of sp³-hybridized carbons (Fsp3) is 0.312. The lowest BCUT2D eigenvalue weighted by atomic mass is 10.0. The smallest absolute Gasteiger partial charge is 0.413 e. The lowest BCUT2D eigenvalue weighted by Crippen LogP contribution is -2.74. The molecule has 0 radical (unpaired) electrons. The van der Waals surface area contributed by atoms with E-state index >= 15 is 0 Å². The Balaban J connectivity index is 1.34. The van der Waals surface area contributed by atoms with E-state index < -0.39 is 57.8 Å². The number of benzene rings is 2. The number of nitrogens with one attached hydrogen (secondary N) is 2. The summed E-state index contributed by atoms with van der Waals surface area (Å²) in [6.07, 6.45) is -1.51. The highest BCUT2D eigenvalue weighted by Gasteiger charge is 2.57. The largest absolute Gasteiger partial charge is 0.448 e. The Bertz CT molecular complexity index is 1750. The monoisotopic (exact) mass is 757 g/mol. The molecule has 3 heterocycles. The van der Waals surface area contributed by atoms with Gasteiger partial charge < -0.3 is 19.6 Å². The van der Waals surface area contributed by atoms with Crippen LogP contribution in [0.25, 0.3) is 0 Å². The van der Waals surface area contributed by atoms with Gasteiger partial charge in [-0.05, 0) is 37.5 Å². The van der Waals surface area contributed by atoms with Gasteiger partial charge in [-0.2, -0.15) is 0 Å². The molecule has 2 aromatic carbocycles. The SMILES string of the molecule is CON=C(C(=O)N[C@@H]1C(=O)N2C(C(=O)OC(c3ccccc3)c3ccccc3)=C(CBr)C[S@](=O)[C@H]12)c1csc(NC(=O)OC(C)(C)C)n1. The van der Waals surface area contributed by atoms with Crippen LogP contribution in [0.15, 0.2) is 82.5 Å². The number of alkyl halides is 1. The second-order valence-electron chi connectivity index (χ2n) is 11.6. The molecule has 2 N–H and O–H groups in total. The summed E-state index contributed by atoms with van der Waals surface area (Å²) in [7, 11) is -0.441. The van der Waals surface area contributed by atoms with E-state index in [0.717, 1.165) is 27.4 Å². The number of β-lactam (4-membered cyclic amide) rings is 1. The molecule has 0 aliphatic carbocycles. The molecule has 2 aliphatic heterocycles. The number of amides is 3. The number of halogens is 1. The van der Waals surface area contributed by atoms with Crippen molar-refractivity contribution in [2.45, 2.75) is 43.9 Å². The van der Waals surface area contributed by atoms with Crippen molar-refractivity contribution in [1.82, 2.24) is 15.2 Å². The molecular formula is C32H32BrN5O8S2. The highest BCUT2D eigenvalue weighted by atomic mass is 79.9. The number of esters is 1.